The minimum absolute atomic E-state index is 0.00893. The first kappa shape index (κ1) is 14.3. The minimum atomic E-state index is -0.297. The van der Waals surface area contributed by atoms with Gasteiger partial charge in [0, 0.05) is 0 Å². The Morgan fingerprint density at radius 3 is 1.40 bits per heavy atom. The molecule has 92 valence electrons. The Morgan fingerprint density at radius 1 is 0.750 bits per heavy atom. The van der Waals surface area contributed by atoms with E-state index in [9.17, 15) is 0 Å². The molecule has 0 saturated carbocycles. The summed E-state index contributed by atoms with van der Waals surface area (Å²) in [5, 5.41) is 45.4. The molecule has 1 rings (SSSR count). The predicted octanol–water partition coefficient (Wildman–Crippen LogP) is 1.61. The zero-order valence-corrected chi connectivity index (χ0v) is 10.1. The van der Waals surface area contributed by atoms with Crippen LogP contribution in [0.5, 0.6) is 5.75 Å². The molecule has 0 fully saturated rings. The third-order valence-corrected chi connectivity index (χ3v) is 2.36. The van der Waals surface area contributed by atoms with E-state index in [4.69, 9.17) is 31.0 Å². The lowest BCUT2D eigenvalue weighted by atomic mass is 9.92. The van der Waals surface area contributed by atoms with E-state index >= 15 is 0 Å². The molecule has 0 unspecified atom stereocenters. The number of nitrogens with zero attached hydrogens (tertiary/aromatic N) is 5. The molecule has 0 saturated heterocycles. The maximum atomic E-state index is 9.12. The number of benzene rings is 1. The van der Waals surface area contributed by atoms with Crippen LogP contribution in [0.2, 0.25) is 0 Å². The Balaban J connectivity index is 3.96. The number of rotatable bonds is 3. The van der Waals surface area contributed by atoms with Crippen LogP contribution in [0, 0.1) is 56.7 Å². The van der Waals surface area contributed by atoms with Crippen molar-refractivity contribution in [2.24, 2.45) is 0 Å². The van der Waals surface area contributed by atoms with E-state index in [1.807, 2.05) is 0 Å². The second-order valence-electron chi connectivity index (χ2n) is 3.36. The third-order valence-electron chi connectivity index (χ3n) is 2.36. The predicted molar refractivity (Wildman–Crippen MR) is 65.7 cm³/mol. The van der Waals surface area contributed by atoms with Gasteiger partial charge in [0.15, 0.2) is 5.75 Å². The largest absolute Gasteiger partial charge is 0.487 e. The van der Waals surface area contributed by atoms with Gasteiger partial charge in [0.2, 0.25) is 0 Å². The summed E-state index contributed by atoms with van der Waals surface area (Å²) in [5.74, 6) is -0.179. The zero-order valence-electron chi connectivity index (χ0n) is 10.1. The minimum Gasteiger partial charge on any atom is -0.487 e. The van der Waals surface area contributed by atoms with Crippen molar-refractivity contribution in [3.63, 3.8) is 0 Å². The van der Waals surface area contributed by atoms with Crippen molar-refractivity contribution in [3.8, 4) is 36.1 Å². The summed E-state index contributed by atoms with van der Waals surface area (Å²) in [7, 11) is 0. The number of ether oxygens (including phenoxy) is 1. The molecule has 0 N–H and O–H groups in total. The summed E-state index contributed by atoms with van der Waals surface area (Å²) in [5.41, 5.74) is -1.31. The number of hydrogen-bond acceptors (Lipinski definition) is 6. The number of nitriles is 5. The molecular weight excluding hydrogens is 254 g/mol. The molecule has 20 heavy (non-hydrogen) atoms. The van der Waals surface area contributed by atoms with Crippen LogP contribution in [0.3, 0.4) is 0 Å². The summed E-state index contributed by atoms with van der Waals surface area (Å²) in [6, 6.07) is 8.53. The summed E-state index contributed by atoms with van der Waals surface area (Å²) in [6.45, 7) is 3.42. The Hall–Kier alpha value is -3.79. The maximum Gasteiger partial charge on any atom is 0.158 e. The van der Waals surface area contributed by atoms with Gasteiger partial charge in [-0.15, -0.1) is 0 Å². The maximum absolute atomic E-state index is 9.12. The second kappa shape index (κ2) is 6.23. The third kappa shape index (κ3) is 2.12. The van der Waals surface area contributed by atoms with Crippen LogP contribution in [-0.2, 0) is 0 Å². The van der Waals surface area contributed by atoms with E-state index in [0.717, 1.165) is 0 Å². The molecule has 0 bridgehead atoms. The van der Waals surface area contributed by atoms with Gasteiger partial charge in [0.25, 0.3) is 0 Å². The molecule has 0 aromatic heterocycles. The van der Waals surface area contributed by atoms with Crippen molar-refractivity contribution >= 4 is 0 Å². The van der Waals surface area contributed by atoms with Gasteiger partial charge in [-0.2, -0.15) is 26.3 Å². The van der Waals surface area contributed by atoms with Crippen LogP contribution in [0.25, 0.3) is 0 Å². The van der Waals surface area contributed by atoms with Gasteiger partial charge < -0.3 is 4.74 Å². The molecule has 1 aromatic rings. The van der Waals surface area contributed by atoms with Crippen LogP contribution >= 0.6 is 0 Å². The van der Waals surface area contributed by atoms with Crippen molar-refractivity contribution in [2.75, 3.05) is 6.61 Å². The fourth-order valence-corrected chi connectivity index (χ4v) is 1.56. The van der Waals surface area contributed by atoms with Gasteiger partial charge in [0.1, 0.15) is 48.1 Å². The molecule has 0 aliphatic rings. The van der Waals surface area contributed by atoms with Gasteiger partial charge >= 0.3 is 0 Å². The van der Waals surface area contributed by atoms with Crippen molar-refractivity contribution in [2.45, 2.75) is 0 Å². The second-order valence-corrected chi connectivity index (χ2v) is 3.36. The Labute approximate surface area is 115 Å². The first-order valence-electron chi connectivity index (χ1n) is 5.18. The van der Waals surface area contributed by atoms with E-state index in [0.29, 0.717) is 0 Å². The lowest BCUT2D eigenvalue weighted by molar-refractivity contribution is 0.361. The Morgan fingerprint density at radius 2 is 1.10 bits per heavy atom. The summed E-state index contributed by atoms with van der Waals surface area (Å²) >= 11 is 0. The van der Waals surface area contributed by atoms with Gasteiger partial charge in [-0.05, 0) is 0 Å². The quantitative estimate of drug-likeness (QED) is 0.758. The van der Waals surface area contributed by atoms with Gasteiger partial charge in [0.05, 0.1) is 16.7 Å². The molecule has 0 aliphatic carbocycles. The van der Waals surface area contributed by atoms with Gasteiger partial charge in [-0.1, -0.05) is 12.7 Å². The highest BCUT2D eigenvalue weighted by Gasteiger charge is 2.25. The first-order valence-corrected chi connectivity index (χ1v) is 5.18. The Kier molecular flexibility index (Phi) is 4.44. The monoisotopic (exact) mass is 259 g/mol. The molecular formula is C14H5N5O. The van der Waals surface area contributed by atoms with Crippen molar-refractivity contribution < 1.29 is 4.74 Å². The molecule has 0 heterocycles. The molecule has 0 radical (unpaired) electrons. The SMILES string of the molecule is C=CCOc1c(C#N)c(C#N)c(C#N)c(C#N)c1C#N. The fraction of sp³-hybridized carbons (Fsp3) is 0.0714. The molecule has 0 amide bonds. The highest BCUT2D eigenvalue weighted by Crippen LogP contribution is 2.32. The summed E-state index contributed by atoms with van der Waals surface area (Å²) in [6.07, 6.45) is 1.39. The van der Waals surface area contributed by atoms with Gasteiger partial charge in [-0.3, -0.25) is 0 Å². The molecule has 6 nitrogen and oxygen atoms in total. The standard InChI is InChI=1S/C14H5N5O/c1-2-3-20-14-12(7-18)10(5-16)9(4-15)11(6-17)13(14)8-19/h2H,1,3H2. The van der Waals surface area contributed by atoms with Crippen molar-refractivity contribution in [1.82, 2.24) is 0 Å². The molecule has 0 aliphatic heterocycles. The summed E-state index contributed by atoms with van der Waals surface area (Å²) in [4.78, 5) is 0. The van der Waals surface area contributed by atoms with Gasteiger partial charge in [-0.25, -0.2) is 0 Å². The topological polar surface area (TPSA) is 128 Å². The highest BCUT2D eigenvalue weighted by atomic mass is 16.5. The van der Waals surface area contributed by atoms with E-state index < -0.39 is 0 Å². The summed E-state index contributed by atoms with van der Waals surface area (Å²) < 4.78 is 5.21. The molecule has 0 atom stereocenters. The average molecular weight is 259 g/mol. The van der Waals surface area contributed by atoms with E-state index in [2.05, 4.69) is 6.58 Å². The average Bonchev–Trinajstić information content (AvgIpc) is 2.49. The van der Waals surface area contributed by atoms with Crippen LogP contribution < -0.4 is 4.74 Å². The fourth-order valence-electron chi connectivity index (χ4n) is 1.56. The van der Waals surface area contributed by atoms with Crippen molar-refractivity contribution in [3.05, 3.63) is 40.5 Å². The van der Waals surface area contributed by atoms with Crippen molar-refractivity contribution in [1.29, 1.82) is 26.3 Å². The number of hydrogen-bond donors (Lipinski definition) is 0. The molecule has 1 aromatic carbocycles. The zero-order chi connectivity index (χ0) is 15.1. The normalized spacial score (nSPS) is 8.15. The van der Waals surface area contributed by atoms with Crippen LogP contribution in [-0.4, -0.2) is 6.61 Å². The molecule has 6 heteroatoms. The first-order chi connectivity index (χ1) is 9.69. The lowest BCUT2D eigenvalue weighted by Crippen LogP contribution is -2.06. The van der Waals surface area contributed by atoms with E-state index in [1.54, 1.807) is 30.3 Å². The Bertz CT molecular complexity index is 735. The smallest absolute Gasteiger partial charge is 0.158 e. The van der Waals surface area contributed by atoms with E-state index in [1.165, 1.54) is 6.08 Å². The van der Waals surface area contributed by atoms with E-state index in [-0.39, 0.29) is 40.2 Å². The lowest BCUT2D eigenvalue weighted by Gasteiger charge is -2.11. The van der Waals surface area contributed by atoms with Crippen LogP contribution in [0.1, 0.15) is 27.8 Å². The molecule has 0 spiro atoms. The van der Waals surface area contributed by atoms with Crippen LogP contribution in [0.4, 0.5) is 0 Å². The van der Waals surface area contributed by atoms with Crippen LogP contribution in [0.15, 0.2) is 12.7 Å². The highest BCUT2D eigenvalue weighted by molar-refractivity contribution is 5.73.